The maximum absolute atomic E-state index is 9.93. The molecule has 1 aliphatic carbocycles. The first-order valence-corrected chi connectivity index (χ1v) is 4.06. The lowest BCUT2D eigenvalue weighted by molar-refractivity contribution is -0.141. The molecule has 1 fully saturated rings. The Balaban J connectivity index is 0.000000207. The van der Waals surface area contributed by atoms with Gasteiger partial charge in [-0.1, -0.05) is 13.8 Å². The molecule has 3 heteroatoms. The van der Waals surface area contributed by atoms with Gasteiger partial charge < -0.3 is 10.8 Å². The average molecular weight is 159 g/mol. The van der Waals surface area contributed by atoms with Crippen molar-refractivity contribution >= 4 is 5.97 Å². The Morgan fingerprint density at radius 1 is 1.73 bits per heavy atom. The number of aliphatic carboxylic acids is 1. The van der Waals surface area contributed by atoms with Gasteiger partial charge in [-0.25, -0.2) is 0 Å². The smallest absolute Gasteiger partial charge is 0.306 e. The van der Waals surface area contributed by atoms with E-state index in [2.05, 4.69) is 0 Å². The topological polar surface area (TPSA) is 63.3 Å². The van der Waals surface area contributed by atoms with Crippen LogP contribution in [-0.4, -0.2) is 17.1 Å². The third kappa shape index (κ3) is 7.33. The Kier molecular flexibility index (Phi) is 4.86. The highest BCUT2D eigenvalue weighted by Crippen LogP contribution is 2.13. The predicted molar refractivity (Wildman–Crippen MR) is 44.3 cm³/mol. The lowest BCUT2D eigenvalue weighted by atomic mass is 10.1. The summed E-state index contributed by atoms with van der Waals surface area (Å²) >= 11 is 0. The third-order valence-corrected chi connectivity index (χ3v) is 1.66. The zero-order valence-electron chi connectivity index (χ0n) is 7.21. The summed E-state index contributed by atoms with van der Waals surface area (Å²) < 4.78 is 0. The van der Waals surface area contributed by atoms with Crippen LogP contribution < -0.4 is 5.73 Å². The first-order valence-electron chi connectivity index (χ1n) is 4.06. The normalized spacial score (nSPS) is 18.1. The van der Waals surface area contributed by atoms with Gasteiger partial charge in [0.25, 0.3) is 0 Å². The SMILES string of the molecule is CCC(C)C(=O)O.NC1CC1. The van der Waals surface area contributed by atoms with Crippen LogP contribution in [0.25, 0.3) is 0 Å². The monoisotopic (exact) mass is 159 g/mol. The summed E-state index contributed by atoms with van der Waals surface area (Å²) in [5, 5.41) is 8.18. The van der Waals surface area contributed by atoms with Crippen molar-refractivity contribution in [2.24, 2.45) is 11.7 Å². The van der Waals surface area contributed by atoms with Crippen LogP contribution >= 0.6 is 0 Å². The summed E-state index contributed by atoms with van der Waals surface area (Å²) in [5.41, 5.74) is 5.22. The number of carboxylic acid groups (broad SMARTS) is 1. The minimum atomic E-state index is -0.706. The van der Waals surface area contributed by atoms with Gasteiger partial charge in [-0.2, -0.15) is 0 Å². The van der Waals surface area contributed by atoms with Crippen molar-refractivity contribution in [3.63, 3.8) is 0 Å². The number of carbonyl (C=O) groups is 1. The molecule has 1 unspecified atom stereocenters. The van der Waals surface area contributed by atoms with Crippen LogP contribution in [0.15, 0.2) is 0 Å². The van der Waals surface area contributed by atoms with Crippen LogP contribution in [0.2, 0.25) is 0 Å². The third-order valence-electron chi connectivity index (χ3n) is 1.66. The van der Waals surface area contributed by atoms with Crippen molar-refractivity contribution in [3.8, 4) is 0 Å². The number of hydrogen-bond acceptors (Lipinski definition) is 2. The number of hydrogen-bond donors (Lipinski definition) is 2. The van der Waals surface area contributed by atoms with Gasteiger partial charge in [0.05, 0.1) is 5.92 Å². The van der Waals surface area contributed by atoms with Crippen LogP contribution in [0.1, 0.15) is 33.1 Å². The fraction of sp³-hybridized carbons (Fsp3) is 0.875. The van der Waals surface area contributed by atoms with Crippen molar-refractivity contribution in [1.82, 2.24) is 0 Å². The molecular weight excluding hydrogens is 142 g/mol. The van der Waals surface area contributed by atoms with E-state index < -0.39 is 5.97 Å². The minimum absolute atomic E-state index is 0.181. The van der Waals surface area contributed by atoms with Gasteiger partial charge >= 0.3 is 5.97 Å². The number of carboxylic acids is 1. The van der Waals surface area contributed by atoms with Gasteiger partial charge in [0.1, 0.15) is 0 Å². The van der Waals surface area contributed by atoms with Crippen molar-refractivity contribution in [1.29, 1.82) is 0 Å². The predicted octanol–water partition coefficient (Wildman–Crippen LogP) is 1.22. The van der Waals surface area contributed by atoms with E-state index in [0.717, 1.165) is 6.42 Å². The second-order valence-corrected chi connectivity index (χ2v) is 2.98. The average Bonchev–Trinajstić information content (AvgIpc) is 2.71. The van der Waals surface area contributed by atoms with E-state index in [1.807, 2.05) is 6.92 Å². The highest BCUT2D eigenvalue weighted by atomic mass is 16.4. The molecule has 0 aromatic carbocycles. The lowest BCUT2D eigenvalue weighted by Gasteiger charge is -1.96. The van der Waals surface area contributed by atoms with E-state index in [1.165, 1.54) is 12.8 Å². The van der Waals surface area contributed by atoms with Crippen LogP contribution in [0, 0.1) is 5.92 Å². The zero-order valence-corrected chi connectivity index (χ0v) is 7.21. The van der Waals surface area contributed by atoms with Crippen LogP contribution in [0.4, 0.5) is 0 Å². The highest BCUT2D eigenvalue weighted by Gasteiger charge is 2.13. The molecule has 1 rings (SSSR count). The summed E-state index contributed by atoms with van der Waals surface area (Å²) in [4.78, 5) is 9.93. The van der Waals surface area contributed by atoms with Crippen molar-refractivity contribution in [3.05, 3.63) is 0 Å². The molecule has 3 N–H and O–H groups in total. The maximum Gasteiger partial charge on any atom is 0.306 e. The van der Waals surface area contributed by atoms with Gasteiger partial charge in [0.2, 0.25) is 0 Å². The fourth-order valence-corrected chi connectivity index (χ4v) is 0.271. The first kappa shape index (κ1) is 10.4. The number of rotatable bonds is 2. The Morgan fingerprint density at radius 2 is 2.09 bits per heavy atom. The highest BCUT2D eigenvalue weighted by molar-refractivity contribution is 5.69. The molecule has 1 saturated carbocycles. The minimum Gasteiger partial charge on any atom is -0.481 e. The molecule has 0 spiro atoms. The van der Waals surface area contributed by atoms with E-state index in [0.29, 0.717) is 6.04 Å². The molecule has 0 amide bonds. The van der Waals surface area contributed by atoms with Crippen molar-refractivity contribution in [2.75, 3.05) is 0 Å². The van der Waals surface area contributed by atoms with Crippen LogP contribution in [-0.2, 0) is 4.79 Å². The Hall–Kier alpha value is -0.570. The zero-order chi connectivity index (χ0) is 8.85. The Morgan fingerprint density at radius 3 is 2.09 bits per heavy atom. The molecule has 3 nitrogen and oxygen atoms in total. The van der Waals surface area contributed by atoms with Crippen molar-refractivity contribution in [2.45, 2.75) is 39.2 Å². The molecule has 1 aliphatic rings. The largest absolute Gasteiger partial charge is 0.481 e. The standard InChI is InChI=1S/C5H10O2.C3H7N/c1-3-4(2)5(6)7;4-3-1-2-3/h4H,3H2,1-2H3,(H,6,7);3H,1-2,4H2. The Bertz CT molecular complexity index is 121. The summed E-state index contributed by atoms with van der Waals surface area (Å²) in [5.74, 6) is -0.887. The second kappa shape index (κ2) is 5.13. The fourth-order valence-electron chi connectivity index (χ4n) is 0.271. The van der Waals surface area contributed by atoms with Gasteiger partial charge in [-0.3, -0.25) is 4.79 Å². The van der Waals surface area contributed by atoms with E-state index in [4.69, 9.17) is 10.8 Å². The number of nitrogens with two attached hydrogens (primary N) is 1. The second-order valence-electron chi connectivity index (χ2n) is 2.98. The maximum atomic E-state index is 9.93. The molecule has 0 radical (unpaired) electrons. The Labute approximate surface area is 67.6 Å². The summed E-state index contributed by atoms with van der Waals surface area (Å²) in [6.07, 6.45) is 3.25. The summed E-state index contributed by atoms with van der Waals surface area (Å²) in [6.45, 7) is 3.56. The van der Waals surface area contributed by atoms with E-state index in [1.54, 1.807) is 6.92 Å². The first-order chi connectivity index (χ1) is 5.07. The van der Waals surface area contributed by atoms with Gasteiger partial charge in [0.15, 0.2) is 0 Å². The van der Waals surface area contributed by atoms with E-state index in [-0.39, 0.29) is 5.92 Å². The van der Waals surface area contributed by atoms with Gasteiger partial charge in [0, 0.05) is 6.04 Å². The molecule has 0 saturated heterocycles. The van der Waals surface area contributed by atoms with Gasteiger partial charge in [-0.05, 0) is 19.3 Å². The summed E-state index contributed by atoms with van der Waals surface area (Å²) in [6, 6.07) is 0.583. The van der Waals surface area contributed by atoms with E-state index >= 15 is 0 Å². The van der Waals surface area contributed by atoms with Crippen LogP contribution in [0.3, 0.4) is 0 Å². The molecule has 0 aromatic heterocycles. The van der Waals surface area contributed by atoms with E-state index in [9.17, 15) is 4.79 Å². The molecule has 1 atom stereocenters. The molecule has 0 bridgehead atoms. The molecule has 0 aromatic rings. The van der Waals surface area contributed by atoms with Gasteiger partial charge in [-0.15, -0.1) is 0 Å². The molecule has 66 valence electrons. The molecular formula is C8H17NO2. The van der Waals surface area contributed by atoms with Crippen LogP contribution in [0.5, 0.6) is 0 Å². The quantitative estimate of drug-likeness (QED) is 0.636. The summed E-state index contributed by atoms with van der Waals surface area (Å²) in [7, 11) is 0. The molecule has 0 heterocycles. The molecule has 0 aliphatic heterocycles. The van der Waals surface area contributed by atoms with Crippen molar-refractivity contribution < 1.29 is 9.90 Å². The lowest BCUT2D eigenvalue weighted by Crippen LogP contribution is -2.06. The molecule has 11 heavy (non-hydrogen) atoms.